The Hall–Kier alpha value is -3.00. The van der Waals surface area contributed by atoms with Crippen LogP contribution in [0, 0.1) is 0 Å². The lowest BCUT2D eigenvalue weighted by Crippen LogP contribution is -2.41. The molecular weight excluding hydrogens is 428 g/mol. The zero-order valence-electron chi connectivity index (χ0n) is 15.4. The molecule has 2 N–H and O–H groups in total. The van der Waals surface area contributed by atoms with Crippen molar-refractivity contribution < 1.29 is 23.5 Å². The number of carbonyl (C=O) groups is 2. The van der Waals surface area contributed by atoms with Gasteiger partial charge < -0.3 is 13.9 Å². The second kappa shape index (κ2) is 8.79. The van der Waals surface area contributed by atoms with E-state index < -0.39 is 11.8 Å². The van der Waals surface area contributed by atoms with Crippen molar-refractivity contribution in [1.82, 2.24) is 10.9 Å². The number of halogens is 1. The summed E-state index contributed by atoms with van der Waals surface area (Å²) in [6.07, 6.45) is 0.857. The summed E-state index contributed by atoms with van der Waals surface area (Å²) in [4.78, 5) is 24.6. The molecule has 0 radical (unpaired) electrons. The van der Waals surface area contributed by atoms with E-state index in [4.69, 9.17) is 13.9 Å². The van der Waals surface area contributed by atoms with Crippen LogP contribution < -0.4 is 20.3 Å². The Labute approximate surface area is 170 Å². The Morgan fingerprint density at radius 1 is 1.04 bits per heavy atom. The van der Waals surface area contributed by atoms with Crippen molar-refractivity contribution in [2.75, 3.05) is 13.7 Å². The number of hydrazine groups is 1. The van der Waals surface area contributed by atoms with Crippen LogP contribution in [0.3, 0.4) is 0 Å². The molecule has 2 amide bonds. The van der Waals surface area contributed by atoms with Crippen molar-refractivity contribution in [2.45, 2.75) is 13.3 Å². The Kier molecular flexibility index (Phi) is 6.20. The first kappa shape index (κ1) is 19.8. The molecule has 0 spiro atoms. The van der Waals surface area contributed by atoms with Gasteiger partial charge in [0.15, 0.2) is 17.3 Å². The highest BCUT2D eigenvalue weighted by Crippen LogP contribution is 2.28. The van der Waals surface area contributed by atoms with Gasteiger partial charge in [-0.3, -0.25) is 20.4 Å². The van der Waals surface area contributed by atoms with Crippen molar-refractivity contribution >= 4 is 38.7 Å². The molecule has 1 aromatic heterocycles. The summed E-state index contributed by atoms with van der Waals surface area (Å²) < 4.78 is 17.2. The second-order valence-corrected chi connectivity index (χ2v) is 6.83. The van der Waals surface area contributed by atoms with Gasteiger partial charge in [-0.25, -0.2) is 0 Å². The van der Waals surface area contributed by atoms with Gasteiger partial charge in [0.25, 0.3) is 5.91 Å². The predicted molar refractivity (Wildman–Crippen MR) is 108 cm³/mol. The normalized spacial score (nSPS) is 10.5. The third-order valence-corrected chi connectivity index (χ3v) is 4.37. The summed E-state index contributed by atoms with van der Waals surface area (Å²) in [6.45, 7) is 2.55. The molecule has 2 aromatic carbocycles. The maximum Gasteiger partial charge on any atom is 0.305 e. The van der Waals surface area contributed by atoms with Crippen molar-refractivity contribution in [2.24, 2.45) is 0 Å². The van der Waals surface area contributed by atoms with Crippen LogP contribution in [-0.2, 0) is 0 Å². The fourth-order valence-electron chi connectivity index (χ4n) is 2.51. The van der Waals surface area contributed by atoms with Gasteiger partial charge in [-0.05, 0) is 48.9 Å². The van der Waals surface area contributed by atoms with E-state index in [9.17, 15) is 9.59 Å². The lowest BCUT2D eigenvalue weighted by atomic mass is 10.2. The number of benzene rings is 2. The summed E-state index contributed by atoms with van der Waals surface area (Å²) in [7, 11) is 1.50. The highest BCUT2D eigenvalue weighted by atomic mass is 79.9. The first-order valence-corrected chi connectivity index (χ1v) is 9.41. The summed E-state index contributed by atoms with van der Waals surface area (Å²) in [5, 5.41) is 0.776. The second-order valence-electron chi connectivity index (χ2n) is 5.92. The molecule has 3 rings (SSSR count). The monoisotopic (exact) mass is 446 g/mol. The van der Waals surface area contributed by atoms with E-state index in [0.29, 0.717) is 29.3 Å². The van der Waals surface area contributed by atoms with E-state index in [1.807, 2.05) is 19.1 Å². The first-order chi connectivity index (χ1) is 13.5. The standard InChI is InChI=1S/C20H19BrN2O5/c1-3-8-27-16-6-4-12(10-17(16)26-2)19(24)22-23-20(25)18-11-13-9-14(21)5-7-15(13)28-18/h4-7,9-11H,3,8H2,1-2H3,(H,22,24)(H,23,25). The van der Waals surface area contributed by atoms with Crippen LogP contribution >= 0.6 is 15.9 Å². The highest BCUT2D eigenvalue weighted by Gasteiger charge is 2.15. The fraction of sp³-hybridized carbons (Fsp3) is 0.200. The van der Waals surface area contributed by atoms with Gasteiger partial charge in [-0.15, -0.1) is 0 Å². The topological polar surface area (TPSA) is 89.8 Å². The van der Waals surface area contributed by atoms with Gasteiger partial charge in [-0.2, -0.15) is 0 Å². The SMILES string of the molecule is CCCOc1ccc(C(=O)NNC(=O)c2cc3cc(Br)ccc3o2)cc1OC. The lowest BCUT2D eigenvalue weighted by molar-refractivity contribution is 0.0832. The van der Waals surface area contributed by atoms with Crippen LogP contribution in [0.5, 0.6) is 11.5 Å². The van der Waals surface area contributed by atoms with Gasteiger partial charge >= 0.3 is 5.91 Å². The quantitative estimate of drug-likeness (QED) is 0.557. The van der Waals surface area contributed by atoms with Crippen LogP contribution in [0.1, 0.15) is 34.3 Å². The largest absolute Gasteiger partial charge is 0.493 e. The van der Waals surface area contributed by atoms with Gasteiger partial charge in [0, 0.05) is 15.4 Å². The Balaban J connectivity index is 1.66. The molecule has 0 bridgehead atoms. The Morgan fingerprint density at radius 2 is 1.82 bits per heavy atom. The molecule has 7 nitrogen and oxygen atoms in total. The first-order valence-electron chi connectivity index (χ1n) is 8.62. The van der Waals surface area contributed by atoms with Crippen molar-refractivity contribution in [3.63, 3.8) is 0 Å². The number of fused-ring (bicyclic) bond motifs is 1. The van der Waals surface area contributed by atoms with Crippen LogP contribution in [0.2, 0.25) is 0 Å². The number of hydrogen-bond acceptors (Lipinski definition) is 5. The summed E-state index contributed by atoms with van der Waals surface area (Å²) in [5.74, 6) is 0.0334. The van der Waals surface area contributed by atoms with E-state index in [2.05, 4.69) is 26.8 Å². The third-order valence-electron chi connectivity index (χ3n) is 3.88. The molecule has 28 heavy (non-hydrogen) atoms. The summed E-state index contributed by atoms with van der Waals surface area (Å²) >= 11 is 3.37. The average molecular weight is 447 g/mol. The van der Waals surface area contributed by atoms with Crippen molar-refractivity contribution in [3.05, 3.63) is 58.3 Å². The third kappa shape index (κ3) is 4.45. The molecule has 0 aliphatic rings. The smallest absolute Gasteiger partial charge is 0.305 e. The number of furan rings is 1. The van der Waals surface area contributed by atoms with E-state index in [1.54, 1.807) is 30.3 Å². The number of rotatable bonds is 6. The molecule has 0 atom stereocenters. The van der Waals surface area contributed by atoms with E-state index in [-0.39, 0.29) is 5.76 Å². The number of methoxy groups -OCH3 is 1. The maximum atomic E-state index is 12.3. The number of carbonyl (C=O) groups excluding carboxylic acids is 2. The van der Waals surface area contributed by atoms with Crippen molar-refractivity contribution in [1.29, 1.82) is 0 Å². The Bertz CT molecular complexity index is 1010. The van der Waals surface area contributed by atoms with Crippen LogP contribution in [0.4, 0.5) is 0 Å². The van der Waals surface area contributed by atoms with Gasteiger partial charge in [-0.1, -0.05) is 22.9 Å². The van der Waals surface area contributed by atoms with Gasteiger partial charge in [0.1, 0.15) is 5.58 Å². The minimum atomic E-state index is -0.560. The van der Waals surface area contributed by atoms with E-state index >= 15 is 0 Å². The highest BCUT2D eigenvalue weighted by molar-refractivity contribution is 9.10. The molecule has 0 aliphatic carbocycles. The van der Waals surface area contributed by atoms with Gasteiger partial charge in [0.05, 0.1) is 13.7 Å². The molecule has 8 heteroatoms. The number of nitrogens with one attached hydrogen (secondary N) is 2. The van der Waals surface area contributed by atoms with E-state index in [1.165, 1.54) is 7.11 Å². The summed E-state index contributed by atoms with van der Waals surface area (Å²) in [6, 6.07) is 11.8. The van der Waals surface area contributed by atoms with Crippen LogP contribution in [0.15, 0.2) is 51.4 Å². The molecule has 146 valence electrons. The van der Waals surface area contributed by atoms with Crippen LogP contribution in [-0.4, -0.2) is 25.5 Å². The fourth-order valence-corrected chi connectivity index (χ4v) is 2.89. The predicted octanol–water partition coefficient (Wildman–Crippen LogP) is 4.07. The number of ether oxygens (including phenoxy) is 2. The van der Waals surface area contributed by atoms with E-state index in [0.717, 1.165) is 16.3 Å². The number of hydrogen-bond donors (Lipinski definition) is 2. The molecule has 0 saturated carbocycles. The zero-order valence-corrected chi connectivity index (χ0v) is 17.0. The Morgan fingerprint density at radius 3 is 2.57 bits per heavy atom. The molecule has 0 aliphatic heterocycles. The zero-order chi connectivity index (χ0) is 20.1. The molecule has 1 heterocycles. The van der Waals surface area contributed by atoms with Crippen LogP contribution in [0.25, 0.3) is 11.0 Å². The minimum absolute atomic E-state index is 0.0919. The molecule has 0 fully saturated rings. The molecule has 0 unspecified atom stereocenters. The molecule has 0 saturated heterocycles. The lowest BCUT2D eigenvalue weighted by Gasteiger charge is -2.12. The number of amides is 2. The van der Waals surface area contributed by atoms with Crippen molar-refractivity contribution in [3.8, 4) is 11.5 Å². The molecular formula is C20H19BrN2O5. The van der Waals surface area contributed by atoms with Gasteiger partial charge in [0.2, 0.25) is 0 Å². The summed E-state index contributed by atoms with van der Waals surface area (Å²) in [5.41, 5.74) is 5.60. The maximum absolute atomic E-state index is 12.3. The minimum Gasteiger partial charge on any atom is -0.493 e. The average Bonchev–Trinajstić information content (AvgIpc) is 3.13. The molecule has 3 aromatic rings.